The van der Waals surface area contributed by atoms with Crippen LogP contribution in [0.3, 0.4) is 0 Å². The second-order valence-electron chi connectivity index (χ2n) is 3.49. The molecule has 0 rings (SSSR count). The van der Waals surface area contributed by atoms with Crippen molar-refractivity contribution in [3.63, 3.8) is 0 Å². The lowest BCUT2D eigenvalue weighted by atomic mass is 10.2. The quantitative estimate of drug-likeness (QED) is 0.529. The maximum Gasteiger partial charge on any atom is 0.411 e. The summed E-state index contributed by atoms with van der Waals surface area (Å²) in [5, 5.41) is 2.88. The first-order valence-corrected chi connectivity index (χ1v) is 5.36. The molecule has 7 heteroatoms. The molecule has 0 spiro atoms. The van der Waals surface area contributed by atoms with E-state index in [4.69, 9.17) is 0 Å². The Morgan fingerprint density at radius 2 is 2.06 bits per heavy atom. The summed E-state index contributed by atoms with van der Waals surface area (Å²) in [7, 11) is 1.24. The molecule has 0 aliphatic rings. The highest BCUT2D eigenvalue weighted by Crippen LogP contribution is 2.14. The van der Waals surface area contributed by atoms with Crippen LogP contribution in [0, 0.1) is 0 Å². The Balaban J connectivity index is 3.87. The van der Waals surface area contributed by atoms with E-state index in [1.165, 1.54) is 7.11 Å². The van der Waals surface area contributed by atoms with Crippen molar-refractivity contribution < 1.29 is 27.4 Å². The van der Waals surface area contributed by atoms with Gasteiger partial charge in [0.2, 0.25) is 0 Å². The second-order valence-corrected chi connectivity index (χ2v) is 3.49. The van der Waals surface area contributed by atoms with E-state index in [1.54, 1.807) is 0 Å². The minimum Gasteiger partial charge on any atom is -0.468 e. The van der Waals surface area contributed by atoms with E-state index in [0.717, 1.165) is 6.42 Å². The van der Waals surface area contributed by atoms with Gasteiger partial charge in [-0.25, -0.2) is 0 Å². The third-order valence-electron chi connectivity index (χ3n) is 1.94. The van der Waals surface area contributed by atoms with Gasteiger partial charge in [0.25, 0.3) is 0 Å². The number of rotatable bonds is 8. The molecule has 4 nitrogen and oxygen atoms in total. The van der Waals surface area contributed by atoms with Crippen molar-refractivity contribution >= 4 is 5.97 Å². The van der Waals surface area contributed by atoms with Gasteiger partial charge >= 0.3 is 12.1 Å². The number of methoxy groups -OCH3 is 1. The van der Waals surface area contributed by atoms with Crippen LogP contribution in [0.25, 0.3) is 0 Å². The normalized spacial score (nSPS) is 13.5. The smallest absolute Gasteiger partial charge is 0.411 e. The molecule has 0 radical (unpaired) electrons. The summed E-state index contributed by atoms with van der Waals surface area (Å²) in [5.41, 5.74) is 0. The minimum absolute atomic E-state index is 0.143. The minimum atomic E-state index is -4.34. The van der Waals surface area contributed by atoms with E-state index < -0.39 is 24.8 Å². The zero-order chi connectivity index (χ0) is 13.3. The average Bonchev–Trinajstić information content (AvgIpc) is 2.25. The molecular formula is C10H18F3NO3. The van der Waals surface area contributed by atoms with Crippen molar-refractivity contribution in [3.05, 3.63) is 0 Å². The first-order chi connectivity index (χ1) is 7.90. The molecule has 102 valence electrons. The Kier molecular flexibility index (Phi) is 7.90. The van der Waals surface area contributed by atoms with Gasteiger partial charge in [0.15, 0.2) is 0 Å². The van der Waals surface area contributed by atoms with Crippen LogP contribution in [0.5, 0.6) is 0 Å². The molecule has 0 bridgehead atoms. The number of carbonyl (C=O) groups is 1. The Labute approximate surface area is 98.5 Å². The summed E-state index contributed by atoms with van der Waals surface area (Å²) in [6.07, 6.45) is -3.36. The fraction of sp³-hybridized carbons (Fsp3) is 0.900. The lowest BCUT2D eigenvalue weighted by molar-refractivity contribution is -0.174. The molecule has 0 aromatic rings. The lowest BCUT2D eigenvalue weighted by Gasteiger charge is -2.16. The average molecular weight is 257 g/mol. The number of hydrogen-bond acceptors (Lipinski definition) is 4. The first kappa shape index (κ1) is 16.2. The second kappa shape index (κ2) is 8.30. The van der Waals surface area contributed by atoms with Gasteiger partial charge in [0.1, 0.15) is 12.6 Å². The summed E-state index contributed by atoms with van der Waals surface area (Å²) >= 11 is 0. The van der Waals surface area contributed by atoms with Crippen LogP contribution < -0.4 is 5.32 Å². The number of halogens is 3. The largest absolute Gasteiger partial charge is 0.468 e. The Morgan fingerprint density at radius 1 is 1.41 bits per heavy atom. The number of ether oxygens (including phenoxy) is 2. The van der Waals surface area contributed by atoms with Gasteiger partial charge < -0.3 is 14.8 Å². The number of esters is 1. The van der Waals surface area contributed by atoms with Crippen LogP contribution in [0.1, 0.15) is 19.8 Å². The van der Waals surface area contributed by atoms with E-state index in [9.17, 15) is 18.0 Å². The first-order valence-electron chi connectivity index (χ1n) is 5.36. The van der Waals surface area contributed by atoms with Gasteiger partial charge in [-0.2, -0.15) is 13.2 Å². The summed E-state index contributed by atoms with van der Waals surface area (Å²) in [6.45, 7) is 1.07. The molecular weight excluding hydrogens is 239 g/mol. The van der Waals surface area contributed by atoms with Crippen molar-refractivity contribution in [2.45, 2.75) is 32.0 Å². The van der Waals surface area contributed by atoms with Crippen molar-refractivity contribution in [1.82, 2.24) is 5.32 Å². The Morgan fingerprint density at radius 3 is 2.53 bits per heavy atom. The predicted molar refractivity (Wildman–Crippen MR) is 55.6 cm³/mol. The third kappa shape index (κ3) is 8.93. The van der Waals surface area contributed by atoms with Crippen molar-refractivity contribution in [2.75, 3.05) is 26.9 Å². The standard InChI is InChI=1S/C10H18F3NO3/c1-3-5-14-8(9(15)16-2)4-6-17-7-10(11,12)13/h8,14H,3-7H2,1-2H3. The van der Waals surface area contributed by atoms with Gasteiger partial charge in [-0.1, -0.05) is 6.92 Å². The van der Waals surface area contributed by atoms with Gasteiger partial charge in [-0.15, -0.1) is 0 Å². The highest BCUT2D eigenvalue weighted by atomic mass is 19.4. The van der Waals surface area contributed by atoms with Gasteiger partial charge in [-0.3, -0.25) is 4.79 Å². The molecule has 1 unspecified atom stereocenters. The molecule has 1 N–H and O–H groups in total. The van der Waals surface area contributed by atoms with E-state index in [0.29, 0.717) is 6.54 Å². The van der Waals surface area contributed by atoms with Crippen LogP contribution in [0.4, 0.5) is 13.2 Å². The molecule has 0 fully saturated rings. The fourth-order valence-electron chi connectivity index (χ4n) is 1.15. The van der Waals surface area contributed by atoms with Crippen LogP contribution in [0.15, 0.2) is 0 Å². The summed E-state index contributed by atoms with van der Waals surface area (Å²) in [6, 6.07) is -0.617. The molecule has 0 heterocycles. The molecule has 17 heavy (non-hydrogen) atoms. The van der Waals surface area contributed by atoms with Crippen LogP contribution in [-0.2, 0) is 14.3 Å². The molecule has 0 amide bonds. The van der Waals surface area contributed by atoms with Gasteiger partial charge in [0, 0.05) is 6.61 Å². The van der Waals surface area contributed by atoms with Crippen LogP contribution in [0.2, 0.25) is 0 Å². The molecule has 0 aromatic heterocycles. The maximum absolute atomic E-state index is 11.8. The highest BCUT2D eigenvalue weighted by Gasteiger charge is 2.27. The molecule has 0 aromatic carbocycles. The van der Waals surface area contributed by atoms with Crippen molar-refractivity contribution in [3.8, 4) is 0 Å². The zero-order valence-corrected chi connectivity index (χ0v) is 9.97. The summed E-state index contributed by atoms with van der Waals surface area (Å²) in [5.74, 6) is -0.492. The zero-order valence-electron chi connectivity index (χ0n) is 9.97. The number of carbonyl (C=O) groups excluding carboxylic acids is 1. The van der Waals surface area contributed by atoms with Crippen molar-refractivity contribution in [1.29, 1.82) is 0 Å². The lowest BCUT2D eigenvalue weighted by Crippen LogP contribution is -2.39. The SMILES string of the molecule is CCCNC(CCOCC(F)(F)F)C(=O)OC. The molecule has 1 atom stereocenters. The number of nitrogens with one attached hydrogen (secondary N) is 1. The van der Waals surface area contributed by atoms with E-state index in [-0.39, 0.29) is 13.0 Å². The van der Waals surface area contributed by atoms with E-state index >= 15 is 0 Å². The van der Waals surface area contributed by atoms with Gasteiger partial charge in [-0.05, 0) is 19.4 Å². The fourth-order valence-corrected chi connectivity index (χ4v) is 1.15. The highest BCUT2D eigenvalue weighted by molar-refractivity contribution is 5.75. The van der Waals surface area contributed by atoms with Gasteiger partial charge in [0.05, 0.1) is 7.11 Å². The van der Waals surface area contributed by atoms with Crippen LogP contribution in [-0.4, -0.2) is 45.1 Å². The number of alkyl halides is 3. The van der Waals surface area contributed by atoms with Crippen LogP contribution >= 0.6 is 0 Å². The molecule has 0 saturated carbocycles. The maximum atomic E-state index is 11.8. The van der Waals surface area contributed by atoms with E-state index in [1.807, 2.05) is 6.92 Å². The summed E-state index contributed by atoms with van der Waals surface area (Å²) in [4.78, 5) is 11.2. The van der Waals surface area contributed by atoms with E-state index in [2.05, 4.69) is 14.8 Å². The third-order valence-corrected chi connectivity index (χ3v) is 1.94. The molecule has 0 aliphatic heterocycles. The number of hydrogen-bond donors (Lipinski definition) is 1. The molecule has 0 aliphatic carbocycles. The predicted octanol–water partition coefficient (Wildman–Crippen LogP) is 1.50. The molecule has 0 saturated heterocycles. The monoisotopic (exact) mass is 257 g/mol. The Bertz CT molecular complexity index is 221. The van der Waals surface area contributed by atoms with Crippen molar-refractivity contribution in [2.24, 2.45) is 0 Å². The summed E-state index contributed by atoms with van der Waals surface area (Å²) < 4.78 is 44.3. The topological polar surface area (TPSA) is 47.6 Å². The Hall–Kier alpha value is -0.820.